The molecular formula is C62H82BN7. The molecule has 8 heteroatoms. The van der Waals surface area contributed by atoms with Crippen LogP contribution in [-0.2, 0) is 39.9 Å². The summed E-state index contributed by atoms with van der Waals surface area (Å²) in [5, 5.41) is 0. The summed E-state index contributed by atoms with van der Waals surface area (Å²) in [6, 6.07) is 30.6. The van der Waals surface area contributed by atoms with Crippen molar-refractivity contribution in [2.24, 2.45) is 5.41 Å². The molecule has 0 spiro atoms. The van der Waals surface area contributed by atoms with Gasteiger partial charge in [0.25, 0.3) is 0 Å². The quantitative estimate of drug-likeness (QED) is 0.150. The van der Waals surface area contributed by atoms with Crippen LogP contribution in [0.5, 0.6) is 0 Å². The van der Waals surface area contributed by atoms with E-state index in [4.69, 9.17) is 0 Å². The van der Waals surface area contributed by atoms with Crippen molar-refractivity contribution < 1.29 is 0 Å². The van der Waals surface area contributed by atoms with Gasteiger partial charge in [-0.3, -0.25) is 4.98 Å². The van der Waals surface area contributed by atoms with E-state index in [0.29, 0.717) is 0 Å². The third-order valence-electron chi connectivity index (χ3n) is 12.0. The van der Waals surface area contributed by atoms with Crippen molar-refractivity contribution in [3.05, 3.63) is 197 Å². The van der Waals surface area contributed by atoms with Crippen LogP contribution in [-0.4, -0.2) is 41.8 Å². The van der Waals surface area contributed by atoms with Crippen LogP contribution in [0.2, 0.25) is 0 Å². The van der Waals surface area contributed by atoms with Crippen molar-refractivity contribution in [1.29, 1.82) is 0 Å². The zero-order valence-electron chi connectivity index (χ0n) is 46.0. The van der Waals surface area contributed by atoms with Gasteiger partial charge in [0.05, 0.1) is 0 Å². The Morgan fingerprint density at radius 2 is 0.914 bits per heavy atom. The zero-order valence-corrected chi connectivity index (χ0v) is 46.0. The number of pyridine rings is 1. The van der Waals surface area contributed by atoms with E-state index < -0.39 is 0 Å². The average Bonchev–Trinajstić information content (AvgIpc) is 3.92. The maximum Gasteiger partial charge on any atom is 0.137 e. The number of benzene rings is 3. The first-order valence-corrected chi connectivity index (χ1v) is 24.8. The molecule has 4 aromatic heterocycles. The van der Waals surface area contributed by atoms with Crippen LogP contribution in [0.1, 0.15) is 175 Å². The van der Waals surface area contributed by atoms with Crippen LogP contribution in [0, 0.1) is 5.41 Å². The number of hydrogen-bond acceptors (Lipinski definition) is 7. The van der Waals surface area contributed by atoms with Gasteiger partial charge in [0.15, 0.2) is 0 Å². The molecule has 2 aliphatic rings. The Morgan fingerprint density at radius 1 is 0.400 bits per heavy atom. The summed E-state index contributed by atoms with van der Waals surface area (Å²) in [6.07, 6.45) is 18.4. The Labute approximate surface area is 423 Å². The minimum atomic E-state index is 0.0307. The van der Waals surface area contributed by atoms with Crippen molar-refractivity contribution in [3.63, 3.8) is 0 Å². The van der Waals surface area contributed by atoms with Crippen LogP contribution < -0.4 is 0 Å². The summed E-state index contributed by atoms with van der Waals surface area (Å²) < 4.78 is 0. The SMILES string of the molecule is CC(C)(C)C1=CCc2ccccc21.CC(C)(C)c1cbncc1.CC(C)(C)c1ccc2c(c1)-c1ccccc1C2.CC(C)(C)c1ccncc1.CC(C)(C)c1cncnc1.CC(C)(C)c1ncncn1. The summed E-state index contributed by atoms with van der Waals surface area (Å²) in [7, 11) is 1.83. The van der Waals surface area contributed by atoms with E-state index in [1.807, 2.05) is 38.0 Å². The molecule has 70 heavy (non-hydrogen) atoms. The minimum Gasteiger partial charge on any atom is -0.265 e. The van der Waals surface area contributed by atoms with E-state index in [-0.39, 0.29) is 32.5 Å². The van der Waals surface area contributed by atoms with E-state index in [9.17, 15) is 0 Å². The molecule has 0 N–H and O–H groups in total. The van der Waals surface area contributed by atoms with E-state index >= 15 is 0 Å². The first kappa shape index (κ1) is 56.6. The predicted octanol–water partition coefficient (Wildman–Crippen LogP) is 15.3. The third-order valence-corrected chi connectivity index (χ3v) is 12.0. The van der Waals surface area contributed by atoms with Crippen LogP contribution in [0.25, 0.3) is 16.7 Å². The third kappa shape index (κ3) is 17.7. The van der Waals surface area contributed by atoms with Crippen LogP contribution in [0.3, 0.4) is 0 Å². The number of fused-ring (bicyclic) bond motifs is 4. The Hall–Kier alpha value is -6.02. The number of nitrogens with zero attached hydrogens (tertiary/aromatic N) is 7. The minimum absolute atomic E-state index is 0.0307. The van der Waals surface area contributed by atoms with Gasteiger partial charge in [-0.15, -0.1) is 0 Å². The summed E-state index contributed by atoms with van der Waals surface area (Å²) >= 11 is 0. The second-order valence-electron chi connectivity index (χ2n) is 24.2. The Bertz CT molecular complexity index is 2480. The molecule has 0 unspecified atom stereocenters. The maximum atomic E-state index is 4.03. The van der Waals surface area contributed by atoms with Gasteiger partial charge in [0, 0.05) is 30.2 Å². The van der Waals surface area contributed by atoms with Crippen molar-refractivity contribution >= 4 is 12.6 Å². The fourth-order valence-electron chi connectivity index (χ4n) is 7.60. The first-order valence-electron chi connectivity index (χ1n) is 24.8. The molecular weight excluding hydrogens is 854 g/mol. The number of hydrogen-bond donors (Lipinski definition) is 0. The van der Waals surface area contributed by atoms with Crippen LogP contribution in [0.4, 0.5) is 0 Å². The Kier molecular flexibility index (Phi) is 19.6. The van der Waals surface area contributed by atoms with Gasteiger partial charge in [0.2, 0.25) is 0 Å². The number of allylic oxidation sites excluding steroid dienone is 2. The number of aromatic nitrogens is 7. The van der Waals surface area contributed by atoms with Gasteiger partial charge in [-0.2, -0.15) is 0 Å². The Balaban J connectivity index is 0.000000186. The normalized spacial score (nSPS) is 12.6. The molecule has 0 saturated carbocycles. The fraction of sp³-hybridized carbons (Fsp3) is 0.419. The molecule has 0 amide bonds. The van der Waals surface area contributed by atoms with Gasteiger partial charge in [-0.1, -0.05) is 177 Å². The molecule has 0 radical (unpaired) electrons. The summed E-state index contributed by atoms with van der Waals surface area (Å²) in [5.41, 5.74) is 16.7. The average molecular weight is 936 g/mol. The van der Waals surface area contributed by atoms with E-state index in [1.54, 1.807) is 6.33 Å². The summed E-state index contributed by atoms with van der Waals surface area (Å²) in [6.45, 7) is 39.5. The predicted molar refractivity (Wildman–Crippen MR) is 297 cm³/mol. The van der Waals surface area contributed by atoms with Gasteiger partial charge < -0.3 is 0 Å². The summed E-state index contributed by atoms with van der Waals surface area (Å²) in [5.74, 6) is 2.89. The Morgan fingerprint density at radius 3 is 1.37 bits per heavy atom. The van der Waals surface area contributed by atoms with Crippen molar-refractivity contribution in [3.8, 4) is 11.1 Å². The van der Waals surface area contributed by atoms with Crippen molar-refractivity contribution in [1.82, 2.24) is 34.8 Å². The summed E-state index contributed by atoms with van der Waals surface area (Å²) in [4.78, 5) is 27.6. The molecule has 3 aromatic carbocycles. The van der Waals surface area contributed by atoms with E-state index in [2.05, 4.69) is 256 Å². The van der Waals surface area contributed by atoms with Crippen LogP contribution in [0.15, 0.2) is 147 Å². The number of rotatable bonds is 0. The molecule has 368 valence electrons. The van der Waals surface area contributed by atoms with Gasteiger partial charge >= 0.3 is 61.9 Å². The van der Waals surface area contributed by atoms with Gasteiger partial charge in [-0.25, -0.2) is 24.9 Å². The second-order valence-corrected chi connectivity index (χ2v) is 24.2. The van der Waals surface area contributed by atoms with Crippen LogP contribution >= 0.6 is 0 Å². The van der Waals surface area contributed by atoms with Gasteiger partial charge in [0.1, 0.15) is 24.8 Å². The van der Waals surface area contributed by atoms with Crippen molar-refractivity contribution in [2.45, 2.75) is 165 Å². The molecule has 7 aromatic rings. The molecule has 0 aliphatic heterocycles. The zero-order chi connectivity index (χ0) is 52.0. The molecule has 0 atom stereocenters. The molecule has 9 rings (SSSR count). The van der Waals surface area contributed by atoms with E-state index in [0.717, 1.165) is 18.7 Å². The second kappa shape index (κ2) is 24.2. The monoisotopic (exact) mass is 936 g/mol. The molecule has 4 heterocycles. The molecule has 2 aliphatic carbocycles. The molecule has 7 nitrogen and oxygen atoms in total. The first-order chi connectivity index (χ1) is 32.6. The molecule has 0 saturated heterocycles. The fourth-order valence-corrected chi connectivity index (χ4v) is 7.60. The van der Waals surface area contributed by atoms with Gasteiger partial charge in [-0.05, 0) is 102 Å². The molecule has 0 fully saturated rings. The van der Waals surface area contributed by atoms with E-state index in [1.165, 1.54) is 73.9 Å². The van der Waals surface area contributed by atoms with Crippen molar-refractivity contribution in [2.75, 3.05) is 0 Å². The topological polar surface area (TPSA) is 90.2 Å². The smallest absolute Gasteiger partial charge is 0.137 e. The standard InChI is InChI=1S/C17H18.C13H16.C9H13N.C8H12BN.C8H12N2.C7H11N3/c1-17(2,3)14-9-8-13-10-12-6-4-5-7-15(12)16(13)11-14;1-13(2,3)12-9-8-10-6-4-5-7-11(10)12;1-9(2,3)8-4-6-10-7-5-8;1-8(2,3)7-4-5-10-9-6-7;1-8(2,3)7-4-9-6-10-5-7;1-7(2,3)6-9-4-8-5-10-6/h4-9,11H,10H2,1-3H3;4-7,9H,8H2,1-3H3;4-7H,1-3H3;2*4-6H,1-3H3;4-5H,1-3H3. The largest absolute Gasteiger partial charge is 0.265 e. The maximum absolute atomic E-state index is 4.03. The molecule has 0 bridgehead atoms.